The van der Waals surface area contributed by atoms with Crippen molar-refractivity contribution in [1.82, 2.24) is 4.31 Å². The Balaban J connectivity index is 2.97. The van der Waals surface area contributed by atoms with Crippen molar-refractivity contribution in [2.75, 3.05) is 13.1 Å². The van der Waals surface area contributed by atoms with E-state index in [0.717, 1.165) is 25.7 Å². The van der Waals surface area contributed by atoms with Gasteiger partial charge in [0.15, 0.2) is 0 Å². The molecule has 0 bridgehead atoms. The fourth-order valence-corrected chi connectivity index (χ4v) is 4.22. The Kier molecular flexibility index (Phi) is 4.37. The Labute approximate surface area is 99.2 Å². The van der Waals surface area contributed by atoms with E-state index in [-0.39, 0.29) is 5.25 Å². The molecule has 1 rings (SSSR count). The molecule has 0 aromatic heterocycles. The van der Waals surface area contributed by atoms with Crippen LogP contribution in [0.3, 0.4) is 0 Å². The molecular weight excluding hydrogens is 224 g/mol. The lowest BCUT2D eigenvalue weighted by atomic mass is 9.99. The van der Waals surface area contributed by atoms with E-state index in [1.807, 2.05) is 20.8 Å². The lowest BCUT2D eigenvalue weighted by molar-refractivity contribution is 0.206. The van der Waals surface area contributed by atoms with Crippen LogP contribution in [0.4, 0.5) is 0 Å². The van der Waals surface area contributed by atoms with Crippen molar-refractivity contribution < 1.29 is 8.42 Å². The molecule has 0 radical (unpaired) electrons. The number of hydrogen-bond donors (Lipinski definition) is 1. The molecule has 0 aliphatic heterocycles. The average molecular weight is 248 g/mol. The van der Waals surface area contributed by atoms with Gasteiger partial charge in [-0.15, -0.1) is 0 Å². The zero-order chi connectivity index (χ0) is 12.4. The molecular formula is C11H24N2O2S. The molecule has 1 atom stereocenters. The second-order valence-electron chi connectivity index (χ2n) is 4.87. The minimum absolute atomic E-state index is 0.142. The Bertz CT molecular complexity index is 319. The van der Waals surface area contributed by atoms with E-state index in [1.165, 1.54) is 0 Å². The van der Waals surface area contributed by atoms with Gasteiger partial charge in [0.2, 0.25) is 10.0 Å². The molecule has 0 amide bonds. The SMILES string of the molecule is CCCN(C(C)(CC)CN)S(=O)(=O)C1CC1. The quantitative estimate of drug-likeness (QED) is 0.739. The second-order valence-corrected chi connectivity index (χ2v) is 7.01. The van der Waals surface area contributed by atoms with Crippen molar-refractivity contribution in [2.24, 2.45) is 5.73 Å². The zero-order valence-electron chi connectivity index (χ0n) is 10.6. The Morgan fingerprint density at radius 2 is 1.94 bits per heavy atom. The highest BCUT2D eigenvalue weighted by molar-refractivity contribution is 7.90. The van der Waals surface area contributed by atoms with Gasteiger partial charge >= 0.3 is 0 Å². The van der Waals surface area contributed by atoms with Gasteiger partial charge in [-0.3, -0.25) is 0 Å². The molecule has 5 heteroatoms. The van der Waals surface area contributed by atoms with Gasteiger partial charge < -0.3 is 5.73 Å². The monoisotopic (exact) mass is 248 g/mol. The topological polar surface area (TPSA) is 63.4 Å². The number of rotatable bonds is 7. The van der Waals surface area contributed by atoms with Crippen LogP contribution in [0, 0.1) is 0 Å². The number of nitrogens with zero attached hydrogens (tertiary/aromatic N) is 1. The number of hydrogen-bond acceptors (Lipinski definition) is 3. The molecule has 4 nitrogen and oxygen atoms in total. The van der Waals surface area contributed by atoms with Crippen LogP contribution >= 0.6 is 0 Å². The van der Waals surface area contributed by atoms with Crippen molar-refractivity contribution >= 4 is 10.0 Å². The molecule has 0 aromatic carbocycles. The first kappa shape index (κ1) is 13.9. The van der Waals surface area contributed by atoms with E-state index in [2.05, 4.69) is 0 Å². The van der Waals surface area contributed by atoms with Crippen LogP contribution in [-0.2, 0) is 10.0 Å². The summed E-state index contributed by atoms with van der Waals surface area (Å²) in [6.07, 6.45) is 3.22. The van der Waals surface area contributed by atoms with E-state index in [1.54, 1.807) is 4.31 Å². The van der Waals surface area contributed by atoms with E-state index < -0.39 is 15.6 Å². The maximum Gasteiger partial charge on any atom is 0.217 e. The van der Waals surface area contributed by atoms with Crippen LogP contribution in [0.15, 0.2) is 0 Å². The maximum atomic E-state index is 12.3. The minimum atomic E-state index is -3.12. The first-order valence-electron chi connectivity index (χ1n) is 6.14. The van der Waals surface area contributed by atoms with E-state index in [4.69, 9.17) is 5.73 Å². The van der Waals surface area contributed by atoms with Gasteiger partial charge in [0.05, 0.1) is 5.25 Å². The molecule has 1 unspecified atom stereocenters. The smallest absolute Gasteiger partial charge is 0.217 e. The van der Waals surface area contributed by atoms with Crippen molar-refractivity contribution in [3.8, 4) is 0 Å². The molecule has 2 N–H and O–H groups in total. The lowest BCUT2D eigenvalue weighted by Crippen LogP contribution is -2.55. The molecule has 16 heavy (non-hydrogen) atoms. The Morgan fingerprint density at radius 1 is 1.38 bits per heavy atom. The molecule has 1 fully saturated rings. The molecule has 0 heterocycles. The van der Waals surface area contributed by atoms with Crippen molar-refractivity contribution in [2.45, 2.75) is 57.2 Å². The summed E-state index contributed by atoms with van der Waals surface area (Å²) in [7, 11) is -3.12. The van der Waals surface area contributed by atoms with Gasteiger partial charge in [-0.25, -0.2) is 8.42 Å². The predicted molar refractivity (Wildman–Crippen MR) is 66.7 cm³/mol. The fraction of sp³-hybridized carbons (Fsp3) is 1.00. The Morgan fingerprint density at radius 3 is 2.25 bits per heavy atom. The third kappa shape index (κ3) is 2.57. The normalized spacial score (nSPS) is 21.1. The molecule has 1 aliphatic rings. The van der Waals surface area contributed by atoms with Gasteiger partial charge in [0, 0.05) is 18.6 Å². The first-order chi connectivity index (χ1) is 7.42. The summed E-state index contributed by atoms with van der Waals surface area (Å²) in [6.45, 7) is 6.92. The summed E-state index contributed by atoms with van der Waals surface area (Å²) in [5.74, 6) is 0. The van der Waals surface area contributed by atoms with Crippen LogP contribution in [0.2, 0.25) is 0 Å². The number of sulfonamides is 1. The third-order valence-electron chi connectivity index (χ3n) is 3.48. The van der Waals surface area contributed by atoms with Crippen molar-refractivity contribution in [3.05, 3.63) is 0 Å². The third-order valence-corrected chi connectivity index (χ3v) is 6.03. The Hall–Kier alpha value is -0.130. The van der Waals surface area contributed by atoms with E-state index >= 15 is 0 Å². The second kappa shape index (κ2) is 5.02. The van der Waals surface area contributed by atoms with Crippen LogP contribution in [-0.4, -0.2) is 36.6 Å². The summed E-state index contributed by atoms with van der Waals surface area (Å²) in [6, 6.07) is 0. The zero-order valence-corrected chi connectivity index (χ0v) is 11.4. The maximum absolute atomic E-state index is 12.3. The number of nitrogens with two attached hydrogens (primary N) is 1. The molecule has 0 saturated heterocycles. The standard InChI is InChI=1S/C11H24N2O2S/c1-4-8-13(11(3,5-2)9-12)16(14,15)10-6-7-10/h10H,4-9,12H2,1-3H3. The lowest BCUT2D eigenvalue weighted by Gasteiger charge is -2.39. The van der Waals surface area contributed by atoms with Gasteiger partial charge in [0.25, 0.3) is 0 Å². The van der Waals surface area contributed by atoms with Crippen LogP contribution < -0.4 is 5.73 Å². The van der Waals surface area contributed by atoms with E-state index in [9.17, 15) is 8.42 Å². The summed E-state index contributed by atoms with van der Waals surface area (Å²) >= 11 is 0. The van der Waals surface area contributed by atoms with Gasteiger partial charge in [-0.1, -0.05) is 13.8 Å². The summed E-state index contributed by atoms with van der Waals surface area (Å²) in [5, 5.41) is -0.142. The highest BCUT2D eigenvalue weighted by Crippen LogP contribution is 2.35. The average Bonchev–Trinajstić information content (AvgIpc) is 3.08. The largest absolute Gasteiger partial charge is 0.329 e. The molecule has 0 aromatic rings. The van der Waals surface area contributed by atoms with Crippen LogP contribution in [0.5, 0.6) is 0 Å². The van der Waals surface area contributed by atoms with Gasteiger partial charge in [-0.2, -0.15) is 4.31 Å². The summed E-state index contributed by atoms with van der Waals surface area (Å²) in [4.78, 5) is 0. The minimum Gasteiger partial charge on any atom is -0.329 e. The van der Waals surface area contributed by atoms with Crippen molar-refractivity contribution in [3.63, 3.8) is 0 Å². The summed E-state index contributed by atoms with van der Waals surface area (Å²) in [5.41, 5.74) is 5.34. The highest BCUT2D eigenvalue weighted by Gasteiger charge is 2.45. The molecule has 96 valence electrons. The van der Waals surface area contributed by atoms with Gasteiger partial charge in [0.1, 0.15) is 0 Å². The fourth-order valence-electron chi connectivity index (χ4n) is 1.88. The first-order valence-corrected chi connectivity index (χ1v) is 7.64. The van der Waals surface area contributed by atoms with Crippen LogP contribution in [0.1, 0.15) is 46.5 Å². The van der Waals surface area contributed by atoms with Gasteiger partial charge in [-0.05, 0) is 32.6 Å². The molecule has 1 aliphatic carbocycles. The van der Waals surface area contributed by atoms with E-state index in [0.29, 0.717) is 13.1 Å². The van der Waals surface area contributed by atoms with Crippen LogP contribution in [0.25, 0.3) is 0 Å². The van der Waals surface area contributed by atoms with Crippen molar-refractivity contribution in [1.29, 1.82) is 0 Å². The summed E-state index contributed by atoms with van der Waals surface area (Å²) < 4.78 is 26.3. The molecule has 1 saturated carbocycles. The molecule has 0 spiro atoms. The predicted octanol–water partition coefficient (Wildman–Crippen LogP) is 1.32. The highest BCUT2D eigenvalue weighted by atomic mass is 32.2.